The van der Waals surface area contributed by atoms with Crippen molar-refractivity contribution in [2.24, 2.45) is 12.0 Å². The van der Waals surface area contributed by atoms with Gasteiger partial charge < -0.3 is 5.11 Å². The maximum Gasteiger partial charge on any atom is 0.435 e. The van der Waals surface area contributed by atoms with Crippen molar-refractivity contribution in [3.63, 3.8) is 0 Å². The SMILES string of the molecule is CC(C)c1ccc(N=C([O-])c2c(=O)o[nH][n+]2C)cc1. The Morgan fingerprint density at radius 3 is 2.47 bits per heavy atom. The molecule has 19 heavy (non-hydrogen) atoms. The lowest BCUT2D eigenvalue weighted by molar-refractivity contribution is -0.742. The van der Waals surface area contributed by atoms with E-state index in [0.29, 0.717) is 11.6 Å². The van der Waals surface area contributed by atoms with Gasteiger partial charge in [-0.2, -0.15) is 0 Å². The molecule has 2 aromatic rings. The molecule has 1 aromatic heterocycles. The van der Waals surface area contributed by atoms with Gasteiger partial charge in [0.15, 0.2) is 7.05 Å². The first-order chi connectivity index (χ1) is 8.99. The lowest BCUT2D eigenvalue weighted by Crippen LogP contribution is -2.43. The number of hydrogen-bond acceptors (Lipinski definition) is 4. The van der Waals surface area contributed by atoms with Gasteiger partial charge in [0.25, 0.3) is 0 Å². The summed E-state index contributed by atoms with van der Waals surface area (Å²) >= 11 is 0. The van der Waals surface area contributed by atoms with E-state index >= 15 is 0 Å². The summed E-state index contributed by atoms with van der Waals surface area (Å²) in [5.74, 6) is -0.214. The number of aryl methyl sites for hydroxylation is 1. The number of aromatic nitrogens is 2. The fourth-order valence-electron chi connectivity index (χ4n) is 1.68. The summed E-state index contributed by atoms with van der Waals surface area (Å²) in [5, 5.41) is 14.1. The Morgan fingerprint density at radius 2 is 2.00 bits per heavy atom. The fraction of sp³-hybridized carbons (Fsp3) is 0.308. The molecular weight excluding hydrogens is 246 g/mol. The zero-order valence-corrected chi connectivity index (χ0v) is 11.0. The first-order valence-corrected chi connectivity index (χ1v) is 5.92. The molecule has 0 atom stereocenters. The first kappa shape index (κ1) is 13.1. The minimum Gasteiger partial charge on any atom is -0.854 e. The largest absolute Gasteiger partial charge is 0.854 e. The Bertz CT molecular complexity index is 651. The van der Waals surface area contributed by atoms with Gasteiger partial charge in [0, 0.05) is 0 Å². The molecule has 6 heteroatoms. The molecule has 0 bridgehead atoms. The van der Waals surface area contributed by atoms with E-state index in [0.717, 1.165) is 5.56 Å². The number of aromatic amines is 1. The number of H-pyrrole nitrogens is 1. The van der Waals surface area contributed by atoms with Gasteiger partial charge in [0.2, 0.25) is 0 Å². The summed E-state index contributed by atoms with van der Waals surface area (Å²) in [6.07, 6.45) is 0. The molecule has 6 nitrogen and oxygen atoms in total. The van der Waals surface area contributed by atoms with Crippen molar-refractivity contribution in [1.29, 1.82) is 0 Å². The van der Waals surface area contributed by atoms with Gasteiger partial charge in [-0.1, -0.05) is 30.7 Å². The number of benzene rings is 1. The van der Waals surface area contributed by atoms with Gasteiger partial charge in [-0.15, -0.1) is 0 Å². The van der Waals surface area contributed by atoms with Crippen LogP contribution in [0.25, 0.3) is 0 Å². The number of nitrogens with one attached hydrogen (secondary N) is 1. The van der Waals surface area contributed by atoms with Crippen LogP contribution in [-0.2, 0) is 7.05 Å². The van der Waals surface area contributed by atoms with E-state index in [2.05, 4.69) is 28.6 Å². The third kappa shape index (κ3) is 2.73. The molecule has 0 saturated heterocycles. The second-order valence-electron chi connectivity index (χ2n) is 4.55. The average Bonchev–Trinajstić information content (AvgIpc) is 2.69. The lowest BCUT2D eigenvalue weighted by Gasteiger charge is -2.06. The van der Waals surface area contributed by atoms with Crippen molar-refractivity contribution < 1.29 is 14.3 Å². The molecule has 0 aliphatic carbocycles. The van der Waals surface area contributed by atoms with Crippen LogP contribution in [0.3, 0.4) is 0 Å². The summed E-state index contributed by atoms with van der Waals surface area (Å²) in [7, 11) is 1.51. The van der Waals surface area contributed by atoms with E-state index in [9.17, 15) is 9.90 Å². The smallest absolute Gasteiger partial charge is 0.435 e. The first-order valence-electron chi connectivity index (χ1n) is 5.92. The van der Waals surface area contributed by atoms with Gasteiger partial charge in [-0.25, -0.2) is 4.79 Å². The van der Waals surface area contributed by atoms with E-state index in [1.165, 1.54) is 11.7 Å². The van der Waals surface area contributed by atoms with Gasteiger partial charge in [-0.3, -0.25) is 9.52 Å². The highest BCUT2D eigenvalue weighted by Crippen LogP contribution is 2.18. The molecule has 1 N–H and O–H groups in total. The Hall–Kier alpha value is -2.37. The van der Waals surface area contributed by atoms with E-state index in [-0.39, 0.29) is 5.69 Å². The van der Waals surface area contributed by atoms with E-state index in [1.807, 2.05) is 12.1 Å². The summed E-state index contributed by atoms with van der Waals surface area (Å²) < 4.78 is 5.71. The van der Waals surface area contributed by atoms with Crippen LogP contribution in [0.2, 0.25) is 0 Å². The van der Waals surface area contributed by atoms with Crippen LogP contribution in [0.15, 0.2) is 38.6 Å². The quantitative estimate of drug-likeness (QED) is 0.491. The molecule has 1 heterocycles. The van der Waals surface area contributed by atoms with Crippen LogP contribution in [0, 0.1) is 0 Å². The summed E-state index contributed by atoms with van der Waals surface area (Å²) in [4.78, 5) is 15.2. The molecule has 1 aromatic carbocycles. The third-order valence-corrected chi connectivity index (χ3v) is 2.80. The second-order valence-corrected chi connectivity index (χ2v) is 4.55. The number of aliphatic imine (C=N–C) groups is 1. The van der Waals surface area contributed by atoms with Gasteiger partial charge in [-0.05, 0) is 28.9 Å². The summed E-state index contributed by atoms with van der Waals surface area (Å²) in [5.41, 5.74) is 0.816. The molecule has 0 aliphatic rings. The lowest BCUT2D eigenvalue weighted by atomic mass is 10.0. The van der Waals surface area contributed by atoms with Crippen LogP contribution in [-0.4, -0.2) is 11.2 Å². The average molecular weight is 261 g/mol. The van der Waals surface area contributed by atoms with Crippen LogP contribution >= 0.6 is 0 Å². The highest BCUT2D eigenvalue weighted by atomic mass is 16.5. The molecule has 0 radical (unpaired) electrons. The second kappa shape index (κ2) is 5.09. The fourth-order valence-corrected chi connectivity index (χ4v) is 1.68. The van der Waals surface area contributed by atoms with E-state index in [1.54, 1.807) is 12.1 Å². The molecule has 2 rings (SSSR count). The topological polar surface area (TPSA) is 85.3 Å². The Labute approximate surface area is 110 Å². The predicted molar refractivity (Wildman–Crippen MR) is 67.2 cm³/mol. The summed E-state index contributed by atoms with van der Waals surface area (Å²) in [6.45, 7) is 4.17. The molecule has 0 unspecified atom stereocenters. The number of hydrogen-bond donors (Lipinski definition) is 1. The standard InChI is InChI=1S/C13H15N3O3/c1-8(2)9-4-6-10(7-5-9)14-12(17)11-13(18)19-15-16(11)3/h4-8H,1-3H3,(H-,14,15,17,18). The van der Waals surface area contributed by atoms with Crippen molar-refractivity contribution >= 4 is 11.6 Å². The monoisotopic (exact) mass is 261 g/mol. The number of nitrogens with zero attached hydrogens (tertiary/aromatic N) is 2. The van der Waals surface area contributed by atoms with Crippen LogP contribution in [0.4, 0.5) is 5.69 Å². The minimum atomic E-state index is -0.727. The maximum atomic E-state index is 11.9. The van der Waals surface area contributed by atoms with Gasteiger partial charge >= 0.3 is 11.3 Å². The van der Waals surface area contributed by atoms with Gasteiger partial charge in [0.05, 0.1) is 11.6 Å². The zero-order chi connectivity index (χ0) is 14.0. The highest BCUT2D eigenvalue weighted by Gasteiger charge is 2.17. The van der Waals surface area contributed by atoms with Crippen molar-refractivity contribution in [3.8, 4) is 0 Å². The Morgan fingerprint density at radius 1 is 1.37 bits per heavy atom. The molecule has 0 spiro atoms. The van der Waals surface area contributed by atoms with E-state index in [4.69, 9.17) is 0 Å². The van der Waals surface area contributed by atoms with Crippen molar-refractivity contribution in [2.75, 3.05) is 0 Å². The Kier molecular flexibility index (Phi) is 3.50. The van der Waals surface area contributed by atoms with Crippen LogP contribution in [0.5, 0.6) is 0 Å². The maximum absolute atomic E-state index is 11.9. The summed E-state index contributed by atoms with van der Waals surface area (Å²) in [6, 6.07) is 7.33. The molecule has 100 valence electrons. The van der Waals surface area contributed by atoms with Crippen molar-refractivity contribution in [2.45, 2.75) is 19.8 Å². The van der Waals surface area contributed by atoms with Crippen LogP contribution in [0.1, 0.15) is 31.0 Å². The molecular formula is C13H15N3O3. The van der Waals surface area contributed by atoms with Gasteiger partial charge in [0.1, 0.15) is 0 Å². The highest BCUT2D eigenvalue weighted by molar-refractivity contribution is 5.88. The normalized spacial score (nSPS) is 12.1. The predicted octanol–water partition coefficient (Wildman–Crippen LogP) is 0.354. The van der Waals surface area contributed by atoms with E-state index < -0.39 is 11.5 Å². The molecule has 0 aliphatic heterocycles. The van der Waals surface area contributed by atoms with Crippen molar-refractivity contribution in [1.82, 2.24) is 5.27 Å². The number of rotatable bonds is 3. The molecule has 0 fully saturated rings. The third-order valence-electron chi connectivity index (χ3n) is 2.80. The zero-order valence-electron chi connectivity index (χ0n) is 11.0. The Balaban J connectivity index is 2.33. The van der Waals surface area contributed by atoms with Crippen LogP contribution < -0.4 is 15.4 Å². The minimum absolute atomic E-state index is 0.132. The molecule has 0 saturated carbocycles. The van der Waals surface area contributed by atoms with Crippen molar-refractivity contribution in [3.05, 3.63) is 45.9 Å². The molecule has 0 amide bonds.